The third-order valence-electron chi connectivity index (χ3n) is 2.76. The minimum atomic E-state index is 0.502. The van der Waals surface area contributed by atoms with Gasteiger partial charge < -0.3 is 14.5 Å². The van der Waals surface area contributed by atoms with Gasteiger partial charge in [0.15, 0.2) is 0 Å². The van der Waals surface area contributed by atoms with Gasteiger partial charge in [-0.1, -0.05) is 0 Å². The number of ether oxygens (including phenoxy) is 2. The number of hydrogen-bond donors (Lipinski definition) is 1. The first-order valence-corrected chi connectivity index (χ1v) is 5.39. The first-order valence-electron chi connectivity index (χ1n) is 5.39. The summed E-state index contributed by atoms with van der Waals surface area (Å²) < 4.78 is 10.6. The quantitative estimate of drug-likeness (QED) is 0.878. The molecule has 0 aliphatic rings. The second-order valence-electron chi connectivity index (χ2n) is 3.72. The molecule has 0 saturated carbocycles. The first-order chi connectivity index (χ1) is 8.30. The molecule has 0 saturated heterocycles. The van der Waals surface area contributed by atoms with Crippen LogP contribution < -0.4 is 9.47 Å². The highest BCUT2D eigenvalue weighted by atomic mass is 16.5. The molecule has 0 aliphatic heterocycles. The molecule has 0 fully saturated rings. The summed E-state index contributed by atoms with van der Waals surface area (Å²) in [5.74, 6) is 1.52. The predicted octanol–water partition coefficient (Wildman–Crippen LogP) is 2.64. The van der Waals surface area contributed by atoms with Crippen LogP contribution in [-0.4, -0.2) is 19.2 Å². The van der Waals surface area contributed by atoms with Crippen LogP contribution in [0.1, 0.15) is 12.0 Å². The first kappa shape index (κ1) is 11.3. The van der Waals surface area contributed by atoms with Gasteiger partial charge in [0.05, 0.1) is 25.8 Å². The average molecular weight is 230 g/mol. The summed E-state index contributed by atoms with van der Waals surface area (Å²) in [4.78, 5) is 3.18. The van der Waals surface area contributed by atoms with Crippen LogP contribution in [0.15, 0.2) is 18.3 Å². The molecule has 0 amide bonds. The van der Waals surface area contributed by atoms with Gasteiger partial charge in [-0.15, -0.1) is 0 Å². The molecule has 1 N–H and O–H groups in total. The number of fused-ring (bicyclic) bond motifs is 1. The van der Waals surface area contributed by atoms with Crippen LogP contribution in [0.25, 0.3) is 10.9 Å². The SMILES string of the molecule is COc1cc(OC)c2c(CCC#N)c[nH]c2c1. The van der Waals surface area contributed by atoms with Crippen molar-refractivity contribution in [3.05, 3.63) is 23.9 Å². The predicted molar refractivity (Wildman–Crippen MR) is 65.3 cm³/mol. The van der Waals surface area contributed by atoms with Crippen LogP contribution in [0.4, 0.5) is 0 Å². The Balaban J connectivity index is 2.55. The summed E-state index contributed by atoms with van der Waals surface area (Å²) >= 11 is 0. The third kappa shape index (κ3) is 2.04. The molecule has 0 atom stereocenters. The summed E-state index contributed by atoms with van der Waals surface area (Å²) in [5.41, 5.74) is 2.06. The molecule has 2 rings (SSSR count). The minimum absolute atomic E-state index is 0.502. The second-order valence-corrected chi connectivity index (χ2v) is 3.72. The lowest BCUT2D eigenvalue weighted by atomic mass is 10.1. The van der Waals surface area contributed by atoms with E-state index in [2.05, 4.69) is 11.1 Å². The molecule has 0 unspecified atom stereocenters. The van der Waals surface area contributed by atoms with Crippen LogP contribution in [0.5, 0.6) is 11.5 Å². The molecule has 0 bridgehead atoms. The lowest BCUT2D eigenvalue weighted by Crippen LogP contribution is -1.90. The van der Waals surface area contributed by atoms with Crippen LogP contribution >= 0.6 is 0 Å². The lowest BCUT2D eigenvalue weighted by molar-refractivity contribution is 0.398. The molecule has 1 heterocycles. The van der Waals surface area contributed by atoms with E-state index in [1.807, 2.05) is 18.3 Å². The molecule has 0 aliphatic carbocycles. The lowest BCUT2D eigenvalue weighted by Gasteiger charge is -2.07. The standard InChI is InChI=1S/C13H14N2O2/c1-16-10-6-11-13(12(7-10)17-2)9(8-15-11)4-3-5-14/h6-8,15H,3-4H2,1-2H3. The number of rotatable bonds is 4. The van der Waals surface area contributed by atoms with Crippen molar-refractivity contribution >= 4 is 10.9 Å². The van der Waals surface area contributed by atoms with Crippen molar-refractivity contribution in [3.8, 4) is 17.6 Å². The maximum absolute atomic E-state index is 8.63. The largest absolute Gasteiger partial charge is 0.497 e. The zero-order valence-electron chi connectivity index (χ0n) is 9.91. The van der Waals surface area contributed by atoms with E-state index in [0.717, 1.165) is 34.4 Å². The molecule has 2 aromatic rings. The molecule has 17 heavy (non-hydrogen) atoms. The number of aromatic amines is 1. The fraction of sp³-hybridized carbons (Fsp3) is 0.308. The minimum Gasteiger partial charge on any atom is -0.497 e. The smallest absolute Gasteiger partial charge is 0.132 e. The van der Waals surface area contributed by atoms with Crippen molar-refractivity contribution in [2.75, 3.05) is 14.2 Å². The highest BCUT2D eigenvalue weighted by molar-refractivity contribution is 5.90. The van der Waals surface area contributed by atoms with Gasteiger partial charge in [0.1, 0.15) is 11.5 Å². The Bertz CT molecular complexity index is 567. The zero-order chi connectivity index (χ0) is 12.3. The maximum atomic E-state index is 8.63. The van der Waals surface area contributed by atoms with Crippen molar-refractivity contribution in [3.63, 3.8) is 0 Å². The van der Waals surface area contributed by atoms with Crippen LogP contribution in [0, 0.1) is 11.3 Å². The zero-order valence-corrected chi connectivity index (χ0v) is 9.91. The number of H-pyrrole nitrogens is 1. The van der Waals surface area contributed by atoms with Gasteiger partial charge in [0.25, 0.3) is 0 Å². The number of nitrogens with one attached hydrogen (secondary N) is 1. The van der Waals surface area contributed by atoms with Crippen molar-refractivity contribution in [2.45, 2.75) is 12.8 Å². The van der Waals surface area contributed by atoms with Gasteiger partial charge in [0.2, 0.25) is 0 Å². The number of nitrogens with zero attached hydrogens (tertiary/aromatic N) is 1. The fourth-order valence-electron chi connectivity index (χ4n) is 1.94. The molecule has 1 aromatic heterocycles. The Labute approximate surface area is 99.8 Å². The van der Waals surface area contributed by atoms with Crippen LogP contribution in [-0.2, 0) is 6.42 Å². The van der Waals surface area contributed by atoms with E-state index in [4.69, 9.17) is 14.7 Å². The van der Waals surface area contributed by atoms with E-state index in [9.17, 15) is 0 Å². The summed E-state index contributed by atoms with van der Waals surface area (Å²) in [6.07, 6.45) is 3.14. The highest BCUT2D eigenvalue weighted by Crippen LogP contribution is 2.33. The number of aryl methyl sites for hydroxylation is 1. The Morgan fingerprint density at radius 1 is 1.29 bits per heavy atom. The number of nitriles is 1. The van der Waals surface area contributed by atoms with Gasteiger partial charge >= 0.3 is 0 Å². The molecule has 4 nitrogen and oxygen atoms in total. The van der Waals surface area contributed by atoms with Crippen molar-refractivity contribution in [1.29, 1.82) is 5.26 Å². The van der Waals surface area contributed by atoms with E-state index in [1.54, 1.807) is 14.2 Å². The van der Waals surface area contributed by atoms with E-state index in [-0.39, 0.29) is 0 Å². The Morgan fingerprint density at radius 2 is 2.12 bits per heavy atom. The van der Waals surface area contributed by atoms with E-state index in [0.29, 0.717) is 6.42 Å². The van der Waals surface area contributed by atoms with Gasteiger partial charge in [-0.3, -0.25) is 0 Å². The third-order valence-corrected chi connectivity index (χ3v) is 2.76. The van der Waals surface area contributed by atoms with E-state index >= 15 is 0 Å². The molecule has 0 spiro atoms. The molecule has 4 heteroatoms. The average Bonchev–Trinajstić information content (AvgIpc) is 2.78. The Hall–Kier alpha value is -2.15. The topological polar surface area (TPSA) is 58.0 Å². The molecule has 88 valence electrons. The second kappa shape index (κ2) is 4.79. The Morgan fingerprint density at radius 3 is 2.76 bits per heavy atom. The maximum Gasteiger partial charge on any atom is 0.132 e. The molecular weight excluding hydrogens is 216 g/mol. The van der Waals surface area contributed by atoms with Gasteiger partial charge in [-0.2, -0.15) is 5.26 Å². The van der Waals surface area contributed by atoms with Gasteiger partial charge in [-0.05, 0) is 12.0 Å². The van der Waals surface area contributed by atoms with E-state index < -0.39 is 0 Å². The summed E-state index contributed by atoms with van der Waals surface area (Å²) in [6.45, 7) is 0. The fourth-order valence-corrected chi connectivity index (χ4v) is 1.94. The summed E-state index contributed by atoms with van der Waals surface area (Å²) in [5, 5.41) is 9.67. The van der Waals surface area contributed by atoms with E-state index in [1.165, 1.54) is 0 Å². The van der Waals surface area contributed by atoms with Gasteiger partial charge in [-0.25, -0.2) is 0 Å². The number of methoxy groups -OCH3 is 2. The summed E-state index contributed by atoms with van der Waals surface area (Å²) in [6, 6.07) is 5.93. The van der Waals surface area contributed by atoms with Crippen LogP contribution in [0.3, 0.4) is 0 Å². The Kier molecular flexibility index (Phi) is 3.20. The number of hydrogen-bond acceptors (Lipinski definition) is 3. The molecular formula is C13H14N2O2. The monoisotopic (exact) mass is 230 g/mol. The molecule has 0 radical (unpaired) electrons. The molecule has 1 aromatic carbocycles. The van der Waals surface area contributed by atoms with Crippen molar-refractivity contribution in [1.82, 2.24) is 4.98 Å². The van der Waals surface area contributed by atoms with Crippen molar-refractivity contribution in [2.24, 2.45) is 0 Å². The number of aromatic nitrogens is 1. The normalized spacial score (nSPS) is 10.2. The van der Waals surface area contributed by atoms with Crippen molar-refractivity contribution < 1.29 is 9.47 Å². The summed E-state index contributed by atoms with van der Waals surface area (Å²) in [7, 11) is 3.26. The van der Waals surface area contributed by atoms with Gasteiger partial charge in [0, 0.05) is 30.1 Å². The number of benzene rings is 1. The van der Waals surface area contributed by atoms with Crippen LogP contribution in [0.2, 0.25) is 0 Å². The highest BCUT2D eigenvalue weighted by Gasteiger charge is 2.11.